The van der Waals surface area contributed by atoms with E-state index < -0.39 is 32.0 Å². The van der Waals surface area contributed by atoms with Crippen molar-refractivity contribution >= 4 is 43.2 Å². The summed E-state index contributed by atoms with van der Waals surface area (Å²) in [5.41, 5.74) is 0.373. The van der Waals surface area contributed by atoms with Gasteiger partial charge in [0.1, 0.15) is 6.04 Å². The number of halogens is 1. The Balaban J connectivity index is 1.69. The molecule has 0 unspecified atom stereocenters. The molecule has 1 aliphatic heterocycles. The number of piperazine rings is 1. The maximum Gasteiger partial charge on any atom is 0.244 e. The lowest BCUT2D eigenvalue weighted by molar-refractivity contribution is -0.120. The standard InChI is InChI=1S/C23H22ClN3O5S2/c24-18-8-7-9-19(16-18)25-23(28)22-17-26(33(29,30)20-10-3-1-4-11-20)14-15-27(22)34(31,32)21-12-5-2-6-13-21/h1-13,16,22H,14-15,17H2,(H,25,28)/t22-/m0/s1. The monoisotopic (exact) mass is 519 g/mol. The predicted octanol–water partition coefficient (Wildman–Crippen LogP) is 3.04. The third kappa shape index (κ3) is 5.01. The molecule has 1 aliphatic rings. The number of hydrogen-bond acceptors (Lipinski definition) is 5. The highest BCUT2D eigenvalue weighted by Crippen LogP contribution is 2.26. The number of rotatable bonds is 6. The summed E-state index contributed by atoms with van der Waals surface area (Å²) >= 11 is 6.00. The summed E-state index contributed by atoms with van der Waals surface area (Å²) < 4.78 is 55.4. The van der Waals surface area contributed by atoms with Crippen molar-refractivity contribution in [2.45, 2.75) is 15.8 Å². The van der Waals surface area contributed by atoms with Crippen LogP contribution in [-0.4, -0.2) is 57.0 Å². The largest absolute Gasteiger partial charge is 0.325 e. The molecule has 3 aromatic rings. The lowest BCUT2D eigenvalue weighted by Gasteiger charge is -2.38. The molecule has 0 radical (unpaired) electrons. The number of benzene rings is 3. The Morgan fingerprint density at radius 3 is 1.97 bits per heavy atom. The first-order valence-electron chi connectivity index (χ1n) is 10.4. The minimum absolute atomic E-state index is 0.0231. The average Bonchev–Trinajstić information content (AvgIpc) is 2.84. The van der Waals surface area contributed by atoms with Gasteiger partial charge in [-0.05, 0) is 42.5 Å². The van der Waals surface area contributed by atoms with Gasteiger partial charge in [-0.2, -0.15) is 8.61 Å². The fraction of sp³-hybridized carbons (Fsp3) is 0.174. The van der Waals surface area contributed by atoms with Crippen LogP contribution in [0.2, 0.25) is 5.02 Å². The van der Waals surface area contributed by atoms with Crippen LogP contribution in [0.4, 0.5) is 5.69 Å². The molecule has 0 saturated carbocycles. The molecule has 4 rings (SSSR count). The van der Waals surface area contributed by atoms with Gasteiger partial charge in [0.2, 0.25) is 26.0 Å². The number of carbonyl (C=O) groups excluding carboxylic acids is 1. The predicted molar refractivity (Wildman–Crippen MR) is 129 cm³/mol. The van der Waals surface area contributed by atoms with Crippen molar-refractivity contribution in [1.29, 1.82) is 0 Å². The Kier molecular flexibility index (Phi) is 7.06. The van der Waals surface area contributed by atoms with Crippen molar-refractivity contribution < 1.29 is 21.6 Å². The van der Waals surface area contributed by atoms with E-state index in [1.165, 1.54) is 30.3 Å². The van der Waals surface area contributed by atoms with E-state index in [-0.39, 0.29) is 29.4 Å². The maximum absolute atomic E-state index is 13.4. The Morgan fingerprint density at radius 1 is 0.794 bits per heavy atom. The topological polar surface area (TPSA) is 104 Å². The zero-order valence-electron chi connectivity index (χ0n) is 17.9. The first-order chi connectivity index (χ1) is 16.2. The van der Waals surface area contributed by atoms with E-state index >= 15 is 0 Å². The van der Waals surface area contributed by atoms with Gasteiger partial charge in [0, 0.05) is 30.3 Å². The molecule has 0 aromatic heterocycles. The fourth-order valence-electron chi connectivity index (χ4n) is 3.72. The molecule has 0 spiro atoms. The molecule has 11 heteroatoms. The molecule has 1 atom stereocenters. The summed E-state index contributed by atoms with van der Waals surface area (Å²) in [6.45, 7) is -0.614. The van der Waals surface area contributed by atoms with Crippen LogP contribution in [0.5, 0.6) is 0 Å². The van der Waals surface area contributed by atoms with Crippen LogP contribution in [0, 0.1) is 0 Å². The van der Waals surface area contributed by atoms with Gasteiger partial charge in [0.25, 0.3) is 0 Å². The fourth-order valence-corrected chi connectivity index (χ4v) is 6.96. The van der Waals surface area contributed by atoms with Gasteiger partial charge < -0.3 is 5.32 Å². The van der Waals surface area contributed by atoms with Crippen LogP contribution >= 0.6 is 11.6 Å². The molecule has 1 N–H and O–H groups in total. The van der Waals surface area contributed by atoms with Gasteiger partial charge in [-0.1, -0.05) is 54.1 Å². The van der Waals surface area contributed by atoms with Gasteiger partial charge in [0.15, 0.2) is 0 Å². The average molecular weight is 520 g/mol. The zero-order valence-corrected chi connectivity index (χ0v) is 20.3. The number of nitrogens with one attached hydrogen (secondary N) is 1. The molecular formula is C23H22ClN3O5S2. The van der Waals surface area contributed by atoms with Gasteiger partial charge in [0.05, 0.1) is 9.79 Å². The number of hydrogen-bond donors (Lipinski definition) is 1. The van der Waals surface area contributed by atoms with Gasteiger partial charge in [-0.25, -0.2) is 16.8 Å². The highest BCUT2D eigenvalue weighted by molar-refractivity contribution is 7.89. The second kappa shape index (κ2) is 9.85. The first kappa shape index (κ1) is 24.4. The minimum Gasteiger partial charge on any atom is -0.325 e. The van der Waals surface area contributed by atoms with E-state index in [9.17, 15) is 21.6 Å². The van der Waals surface area contributed by atoms with Crippen LogP contribution in [0.15, 0.2) is 94.7 Å². The molecule has 34 heavy (non-hydrogen) atoms. The van der Waals surface area contributed by atoms with Crippen LogP contribution < -0.4 is 5.32 Å². The van der Waals surface area contributed by atoms with Crippen molar-refractivity contribution in [3.63, 3.8) is 0 Å². The van der Waals surface area contributed by atoms with Gasteiger partial charge in [-0.15, -0.1) is 0 Å². The molecule has 1 fully saturated rings. The highest BCUT2D eigenvalue weighted by Gasteiger charge is 2.43. The number of amides is 1. The Labute approximate surface area is 203 Å². The van der Waals surface area contributed by atoms with E-state index in [1.54, 1.807) is 54.6 Å². The summed E-state index contributed by atoms with van der Waals surface area (Å²) in [6, 6.07) is 20.7. The molecule has 8 nitrogen and oxygen atoms in total. The minimum atomic E-state index is -4.07. The van der Waals surface area contributed by atoms with Crippen molar-refractivity contribution in [3.8, 4) is 0 Å². The van der Waals surface area contributed by atoms with E-state index in [0.717, 1.165) is 8.61 Å². The lowest BCUT2D eigenvalue weighted by atomic mass is 10.2. The SMILES string of the molecule is O=C(Nc1cccc(Cl)c1)[C@@H]1CN(S(=O)(=O)c2ccccc2)CCN1S(=O)(=O)c1ccccc1. The molecule has 3 aromatic carbocycles. The Morgan fingerprint density at radius 2 is 1.38 bits per heavy atom. The van der Waals surface area contributed by atoms with Crippen LogP contribution in [0.3, 0.4) is 0 Å². The van der Waals surface area contributed by atoms with Crippen LogP contribution in [0.1, 0.15) is 0 Å². The quantitative estimate of drug-likeness (QED) is 0.539. The molecule has 1 heterocycles. The van der Waals surface area contributed by atoms with Crippen LogP contribution in [-0.2, 0) is 24.8 Å². The van der Waals surface area contributed by atoms with Crippen molar-refractivity contribution in [1.82, 2.24) is 8.61 Å². The number of carbonyl (C=O) groups is 1. The summed E-state index contributed by atoms with van der Waals surface area (Å²) in [5.74, 6) is -0.658. The van der Waals surface area contributed by atoms with Crippen molar-refractivity contribution in [2.75, 3.05) is 25.0 Å². The zero-order chi connectivity index (χ0) is 24.3. The summed E-state index contributed by atoms with van der Waals surface area (Å²) in [7, 11) is -8.00. The second-order valence-corrected chi connectivity index (χ2v) is 11.9. The second-order valence-electron chi connectivity index (χ2n) is 7.62. The molecule has 0 aliphatic carbocycles. The molecule has 0 bridgehead atoms. The maximum atomic E-state index is 13.4. The van der Waals surface area contributed by atoms with E-state index in [0.29, 0.717) is 10.7 Å². The summed E-state index contributed by atoms with van der Waals surface area (Å²) in [4.78, 5) is 13.4. The lowest BCUT2D eigenvalue weighted by Crippen LogP contribution is -2.60. The van der Waals surface area contributed by atoms with E-state index in [4.69, 9.17) is 11.6 Å². The summed E-state index contributed by atoms with van der Waals surface area (Å²) in [5, 5.41) is 3.06. The first-order valence-corrected chi connectivity index (χ1v) is 13.6. The Hall–Kier alpha value is -2.76. The normalized spacial score (nSPS) is 17.9. The molecule has 1 saturated heterocycles. The summed E-state index contributed by atoms with van der Waals surface area (Å²) in [6.07, 6.45) is 0. The van der Waals surface area contributed by atoms with Gasteiger partial charge in [-0.3, -0.25) is 4.79 Å². The number of sulfonamides is 2. The smallest absolute Gasteiger partial charge is 0.244 e. The highest BCUT2D eigenvalue weighted by atomic mass is 35.5. The third-order valence-electron chi connectivity index (χ3n) is 5.42. The van der Waals surface area contributed by atoms with E-state index in [1.807, 2.05) is 0 Å². The Bertz CT molecular complexity index is 1380. The van der Waals surface area contributed by atoms with E-state index in [2.05, 4.69) is 5.32 Å². The molecule has 178 valence electrons. The van der Waals surface area contributed by atoms with Crippen LogP contribution in [0.25, 0.3) is 0 Å². The number of anilines is 1. The van der Waals surface area contributed by atoms with Crippen molar-refractivity contribution in [3.05, 3.63) is 90.0 Å². The molecule has 1 amide bonds. The van der Waals surface area contributed by atoms with Gasteiger partial charge >= 0.3 is 0 Å². The number of nitrogens with zero attached hydrogens (tertiary/aromatic N) is 2. The third-order valence-corrected chi connectivity index (χ3v) is 9.46. The molecular weight excluding hydrogens is 498 g/mol. The van der Waals surface area contributed by atoms with Crippen molar-refractivity contribution in [2.24, 2.45) is 0 Å².